The van der Waals surface area contributed by atoms with Crippen molar-refractivity contribution in [3.63, 3.8) is 0 Å². The summed E-state index contributed by atoms with van der Waals surface area (Å²) < 4.78 is 0. The Hall–Kier alpha value is -1.04. The van der Waals surface area contributed by atoms with E-state index < -0.39 is 0 Å². The Morgan fingerprint density at radius 1 is 1.24 bits per heavy atom. The van der Waals surface area contributed by atoms with E-state index in [-0.39, 0.29) is 5.95 Å². The zero-order chi connectivity index (χ0) is 13.0. The van der Waals surface area contributed by atoms with Gasteiger partial charge in [0, 0.05) is 12.6 Å². The SMILES string of the molecule is CCN(c1nc(N)nc(SC)n1)C(C)C(C)C. The van der Waals surface area contributed by atoms with Crippen LogP contribution in [0.25, 0.3) is 0 Å². The minimum atomic E-state index is 0.286. The van der Waals surface area contributed by atoms with Crippen molar-refractivity contribution in [2.24, 2.45) is 5.92 Å². The maximum atomic E-state index is 5.70. The summed E-state index contributed by atoms with van der Waals surface area (Å²) in [7, 11) is 0. The van der Waals surface area contributed by atoms with E-state index in [2.05, 4.69) is 47.5 Å². The largest absolute Gasteiger partial charge is 0.368 e. The highest BCUT2D eigenvalue weighted by atomic mass is 32.2. The van der Waals surface area contributed by atoms with Crippen LogP contribution in [0.4, 0.5) is 11.9 Å². The van der Waals surface area contributed by atoms with Gasteiger partial charge in [0.15, 0.2) is 5.16 Å². The lowest BCUT2D eigenvalue weighted by atomic mass is 10.1. The maximum Gasteiger partial charge on any atom is 0.231 e. The van der Waals surface area contributed by atoms with Crippen LogP contribution >= 0.6 is 11.8 Å². The minimum absolute atomic E-state index is 0.286. The fourth-order valence-corrected chi connectivity index (χ4v) is 1.91. The first-order chi connectivity index (χ1) is 7.99. The molecule has 17 heavy (non-hydrogen) atoms. The number of nitrogens with two attached hydrogens (primary N) is 1. The van der Waals surface area contributed by atoms with Gasteiger partial charge in [-0.3, -0.25) is 0 Å². The second-order valence-electron chi connectivity index (χ2n) is 4.25. The molecule has 0 aromatic carbocycles. The highest BCUT2D eigenvalue weighted by Crippen LogP contribution is 2.19. The molecule has 1 heterocycles. The lowest BCUT2D eigenvalue weighted by Gasteiger charge is -2.30. The molecule has 0 radical (unpaired) electrons. The monoisotopic (exact) mass is 255 g/mol. The Labute approximate surface area is 107 Å². The predicted octanol–water partition coefficient (Wildman–Crippen LogP) is 2.05. The van der Waals surface area contributed by atoms with Gasteiger partial charge in [-0.05, 0) is 26.0 Å². The third-order valence-corrected chi connectivity index (χ3v) is 3.40. The minimum Gasteiger partial charge on any atom is -0.368 e. The quantitative estimate of drug-likeness (QED) is 0.812. The van der Waals surface area contributed by atoms with Crippen LogP contribution in [0.15, 0.2) is 5.16 Å². The first-order valence-corrected chi connectivity index (χ1v) is 7.04. The number of nitrogens with zero attached hydrogens (tertiary/aromatic N) is 4. The average molecular weight is 255 g/mol. The van der Waals surface area contributed by atoms with Crippen LogP contribution in [0.1, 0.15) is 27.7 Å². The topological polar surface area (TPSA) is 67.9 Å². The van der Waals surface area contributed by atoms with Gasteiger partial charge in [0.1, 0.15) is 0 Å². The third-order valence-electron chi connectivity index (χ3n) is 2.86. The van der Waals surface area contributed by atoms with Gasteiger partial charge in [0.2, 0.25) is 11.9 Å². The normalized spacial score (nSPS) is 12.8. The van der Waals surface area contributed by atoms with Gasteiger partial charge in [-0.15, -0.1) is 0 Å². The van der Waals surface area contributed by atoms with Gasteiger partial charge in [-0.25, -0.2) is 0 Å². The molecule has 1 aromatic rings. The van der Waals surface area contributed by atoms with Crippen LogP contribution in [0.5, 0.6) is 0 Å². The molecule has 0 bridgehead atoms. The van der Waals surface area contributed by atoms with Gasteiger partial charge in [0.05, 0.1) is 0 Å². The second kappa shape index (κ2) is 6.05. The van der Waals surface area contributed by atoms with E-state index in [4.69, 9.17) is 5.73 Å². The summed E-state index contributed by atoms with van der Waals surface area (Å²) >= 11 is 1.48. The molecule has 6 heteroatoms. The van der Waals surface area contributed by atoms with Crippen LogP contribution in [0.3, 0.4) is 0 Å². The van der Waals surface area contributed by atoms with Crippen molar-refractivity contribution < 1.29 is 0 Å². The van der Waals surface area contributed by atoms with E-state index in [0.29, 0.717) is 23.1 Å². The summed E-state index contributed by atoms with van der Waals surface area (Å²) in [4.78, 5) is 14.9. The van der Waals surface area contributed by atoms with Crippen molar-refractivity contribution >= 4 is 23.7 Å². The van der Waals surface area contributed by atoms with Crippen molar-refractivity contribution in [3.8, 4) is 0 Å². The molecule has 0 amide bonds. The highest BCUT2D eigenvalue weighted by molar-refractivity contribution is 7.98. The summed E-state index contributed by atoms with van der Waals surface area (Å²) in [5.74, 6) is 1.49. The van der Waals surface area contributed by atoms with Crippen LogP contribution in [-0.2, 0) is 0 Å². The first-order valence-electron chi connectivity index (χ1n) is 5.81. The average Bonchev–Trinajstić information content (AvgIpc) is 2.28. The molecule has 0 saturated carbocycles. The van der Waals surface area contributed by atoms with E-state index in [1.165, 1.54) is 11.8 Å². The summed E-state index contributed by atoms with van der Waals surface area (Å²) in [5, 5.41) is 0.668. The second-order valence-corrected chi connectivity index (χ2v) is 5.02. The third kappa shape index (κ3) is 3.46. The Balaban J connectivity index is 3.07. The van der Waals surface area contributed by atoms with Crippen molar-refractivity contribution in [2.45, 2.75) is 38.9 Å². The zero-order valence-corrected chi connectivity index (χ0v) is 12.0. The lowest BCUT2D eigenvalue weighted by Crippen LogP contribution is -2.38. The molecule has 0 aliphatic carbocycles. The van der Waals surface area contributed by atoms with Crippen LogP contribution in [0, 0.1) is 5.92 Å². The van der Waals surface area contributed by atoms with Crippen molar-refractivity contribution in [2.75, 3.05) is 23.4 Å². The smallest absolute Gasteiger partial charge is 0.231 e. The van der Waals surface area contributed by atoms with Gasteiger partial charge in [0.25, 0.3) is 0 Å². The molecule has 1 atom stereocenters. The molecule has 0 fully saturated rings. The van der Waals surface area contributed by atoms with E-state index in [1.807, 2.05) is 6.26 Å². The molecule has 2 N–H and O–H groups in total. The summed E-state index contributed by atoms with van der Waals surface area (Å²) in [6.45, 7) is 9.50. The lowest BCUT2D eigenvalue weighted by molar-refractivity contribution is 0.481. The Morgan fingerprint density at radius 3 is 2.35 bits per heavy atom. The fourth-order valence-electron chi connectivity index (χ4n) is 1.55. The number of hydrogen-bond donors (Lipinski definition) is 1. The standard InChI is InChI=1S/C11H21N5S/c1-6-16(8(4)7(2)3)10-13-9(12)14-11(15-10)17-5/h7-8H,6H2,1-5H3,(H2,12,13,14,15). The van der Waals surface area contributed by atoms with Crippen molar-refractivity contribution in [3.05, 3.63) is 0 Å². The number of hydrogen-bond acceptors (Lipinski definition) is 6. The molecular weight excluding hydrogens is 234 g/mol. The Kier molecular flexibility index (Phi) is 4.99. The number of rotatable bonds is 5. The van der Waals surface area contributed by atoms with Crippen LogP contribution in [-0.4, -0.2) is 33.8 Å². The molecule has 1 rings (SSSR count). The van der Waals surface area contributed by atoms with E-state index in [9.17, 15) is 0 Å². The summed E-state index contributed by atoms with van der Waals surface area (Å²) in [6.07, 6.45) is 1.93. The fraction of sp³-hybridized carbons (Fsp3) is 0.727. The first kappa shape index (κ1) is 14.0. The Bertz CT molecular complexity index is 369. The number of thioether (sulfide) groups is 1. The Morgan fingerprint density at radius 2 is 1.88 bits per heavy atom. The predicted molar refractivity (Wildman–Crippen MR) is 73.3 cm³/mol. The summed E-state index contributed by atoms with van der Waals surface area (Å²) in [6, 6.07) is 0.372. The zero-order valence-electron chi connectivity index (χ0n) is 11.1. The van der Waals surface area contributed by atoms with Gasteiger partial charge < -0.3 is 10.6 Å². The van der Waals surface area contributed by atoms with E-state index >= 15 is 0 Å². The molecule has 1 unspecified atom stereocenters. The molecule has 1 aromatic heterocycles. The molecule has 0 spiro atoms. The van der Waals surface area contributed by atoms with E-state index in [1.54, 1.807) is 0 Å². The molecular formula is C11H21N5S. The van der Waals surface area contributed by atoms with Crippen molar-refractivity contribution in [1.29, 1.82) is 0 Å². The van der Waals surface area contributed by atoms with E-state index in [0.717, 1.165) is 6.54 Å². The van der Waals surface area contributed by atoms with Gasteiger partial charge >= 0.3 is 0 Å². The molecule has 0 aliphatic heterocycles. The maximum absolute atomic E-state index is 5.70. The molecule has 0 aliphatic rings. The van der Waals surface area contributed by atoms with Crippen LogP contribution in [0.2, 0.25) is 0 Å². The van der Waals surface area contributed by atoms with Crippen LogP contribution < -0.4 is 10.6 Å². The number of aromatic nitrogens is 3. The van der Waals surface area contributed by atoms with Gasteiger partial charge in [-0.1, -0.05) is 25.6 Å². The molecule has 96 valence electrons. The number of anilines is 2. The summed E-state index contributed by atoms with van der Waals surface area (Å²) in [5.41, 5.74) is 5.70. The number of nitrogen functional groups attached to an aromatic ring is 1. The van der Waals surface area contributed by atoms with Crippen molar-refractivity contribution in [1.82, 2.24) is 15.0 Å². The van der Waals surface area contributed by atoms with Gasteiger partial charge in [-0.2, -0.15) is 15.0 Å². The molecule has 5 nitrogen and oxygen atoms in total. The molecule has 0 saturated heterocycles. The highest BCUT2D eigenvalue weighted by Gasteiger charge is 2.19.